The Labute approximate surface area is 134 Å². The fourth-order valence-corrected chi connectivity index (χ4v) is 2.63. The third-order valence-corrected chi connectivity index (χ3v) is 3.70. The molecule has 0 atom stereocenters. The van der Waals surface area contributed by atoms with Crippen LogP contribution in [-0.4, -0.2) is 17.1 Å². The molecule has 4 nitrogen and oxygen atoms in total. The second-order valence-corrected chi connectivity index (χ2v) is 5.31. The Hall–Kier alpha value is -3.06. The summed E-state index contributed by atoms with van der Waals surface area (Å²) in [4.78, 5) is 12.3. The van der Waals surface area contributed by atoms with Crippen molar-refractivity contribution in [1.29, 1.82) is 5.26 Å². The van der Waals surface area contributed by atoms with Crippen molar-refractivity contribution in [2.75, 3.05) is 6.61 Å². The molecule has 3 aromatic rings. The number of esters is 1. The van der Waals surface area contributed by atoms with Gasteiger partial charge in [0.25, 0.3) is 0 Å². The maximum absolute atomic E-state index is 12.3. The number of hydrogen-bond acceptors (Lipinski definition) is 3. The number of carbonyl (C=O) groups excluding carboxylic acids is 1. The van der Waals surface area contributed by atoms with Crippen LogP contribution in [0.5, 0.6) is 0 Å². The average Bonchev–Trinajstić information content (AvgIpc) is 2.94. The first kappa shape index (κ1) is 14.9. The van der Waals surface area contributed by atoms with Crippen molar-refractivity contribution in [2.45, 2.75) is 13.8 Å². The van der Waals surface area contributed by atoms with Crippen LogP contribution in [0.25, 0.3) is 16.6 Å². The zero-order valence-corrected chi connectivity index (χ0v) is 13.0. The van der Waals surface area contributed by atoms with E-state index in [0.29, 0.717) is 17.9 Å². The first-order valence-corrected chi connectivity index (χ1v) is 7.44. The lowest BCUT2D eigenvalue weighted by atomic mass is 10.2. The number of ether oxygens (including phenoxy) is 1. The van der Waals surface area contributed by atoms with Crippen molar-refractivity contribution in [3.05, 3.63) is 65.4 Å². The maximum Gasteiger partial charge on any atom is 0.355 e. The molecule has 2 aromatic carbocycles. The zero-order chi connectivity index (χ0) is 16.4. The number of rotatable bonds is 3. The summed E-state index contributed by atoms with van der Waals surface area (Å²) in [5, 5.41) is 9.92. The molecule has 0 spiro atoms. The number of fused-ring (bicyclic) bond motifs is 1. The standard InChI is InChI=1S/C19H16N2O2/c1-3-23-19(22)18-11-15-7-4-13(2)10-17(15)21(18)16-8-5-14(12-20)6-9-16/h4-11H,3H2,1-2H3. The molecule has 0 unspecified atom stereocenters. The predicted octanol–water partition coefficient (Wildman–Crippen LogP) is 3.99. The van der Waals surface area contributed by atoms with Gasteiger partial charge in [0.1, 0.15) is 5.69 Å². The quantitative estimate of drug-likeness (QED) is 0.688. The third kappa shape index (κ3) is 2.69. The van der Waals surface area contributed by atoms with E-state index in [2.05, 4.69) is 6.07 Å². The maximum atomic E-state index is 12.3. The van der Waals surface area contributed by atoms with E-state index in [9.17, 15) is 4.79 Å². The molecule has 0 N–H and O–H groups in total. The summed E-state index contributed by atoms with van der Waals surface area (Å²) >= 11 is 0. The summed E-state index contributed by atoms with van der Waals surface area (Å²) in [6.07, 6.45) is 0. The number of benzene rings is 2. The molecule has 23 heavy (non-hydrogen) atoms. The highest BCUT2D eigenvalue weighted by molar-refractivity contribution is 5.97. The minimum Gasteiger partial charge on any atom is -0.461 e. The van der Waals surface area contributed by atoms with E-state index >= 15 is 0 Å². The summed E-state index contributed by atoms with van der Waals surface area (Å²) in [6.45, 7) is 4.13. The fourth-order valence-electron chi connectivity index (χ4n) is 2.63. The molecule has 0 saturated carbocycles. The molecule has 0 aliphatic carbocycles. The van der Waals surface area contributed by atoms with Crippen LogP contribution in [0.2, 0.25) is 0 Å². The van der Waals surface area contributed by atoms with Gasteiger partial charge in [-0.3, -0.25) is 0 Å². The molecule has 114 valence electrons. The Bertz CT molecular complexity index is 915. The molecule has 4 heteroatoms. The van der Waals surface area contributed by atoms with E-state index < -0.39 is 0 Å². The molecular formula is C19H16N2O2. The van der Waals surface area contributed by atoms with Gasteiger partial charge in [-0.25, -0.2) is 4.79 Å². The van der Waals surface area contributed by atoms with E-state index in [0.717, 1.165) is 22.2 Å². The second-order valence-electron chi connectivity index (χ2n) is 5.31. The molecule has 0 amide bonds. The van der Waals surface area contributed by atoms with Gasteiger partial charge in [-0.05, 0) is 55.8 Å². The van der Waals surface area contributed by atoms with E-state index in [4.69, 9.17) is 10.00 Å². The van der Waals surface area contributed by atoms with E-state index in [-0.39, 0.29) is 5.97 Å². The predicted molar refractivity (Wildman–Crippen MR) is 88.7 cm³/mol. The summed E-state index contributed by atoms with van der Waals surface area (Å²) in [7, 11) is 0. The highest BCUT2D eigenvalue weighted by Gasteiger charge is 2.18. The van der Waals surface area contributed by atoms with Crippen molar-refractivity contribution in [1.82, 2.24) is 4.57 Å². The Morgan fingerprint density at radius 2 is 1.91 bits per heavy atom. The molecular weight excluding hydrogens is 288 g/mol. The molecule has 1 aromatic heterocycles. The molecule has 0 aliphatic heterocycles. The fraction of sp³-hybridized carbons (Fsp3) is 0.158. The van der Waals surface area contributed by atoms with Crippen molar-refractivity contribution >= 4 is 16.9 Å². The van der Waals surface area contributed by atoms with Crippen LogP contribution in [0.1, 0.15) is 28.5 Å². The van der Waals surface area contributed by atoms with Gasteiger partial charge in [0.15, 0.2) is 0 Å². The smallest absolute Gasteiger partial charge is 0.355 e. The Kier molecular flexibility index (Phi) is 3.86. The van der Waals surface area contributed by atoms with Crippen LogP contribution >= 0.6 is 0 Å². The SMILES string of the molecule is CCOC(=O)c1cc2ccc(C)cc2n1-c1ccc(C#N)cc1. The van der Waals surface area contributed by atoms with Crippen LogP contribution < -0.4 is 0 Å². The monoisotopic (exact) mass is 304 g/mol. The average molecular weight is 304 g/mol. The number of nitriles is 1. The molecule has 0 bridgehead atoms. The summed E-state index contributed by atoms with van der Waals surface area (Å²) < 4.78 is 7.06. The number of nitrogens with zero attached hydrogens (tertiary/aromatic N) is 2. The zero-order valence-electron chi connectivity index (χ0n) is 13.0. The van der Waals surface area contributed by atoms with E-state index in [1.165, 1.54) is 0 Å². The molecule has 3 rings (SSSR count). The molecule has 0 fully saturated rings. The van der Waals surface area contributed by atoms with Crippen LogP contribution in [0, 0.1) is 18.3 Å². The van der Waals surface area contributed by atoms with E-state index in [1.807, 2.05) is 47.9 Å². The van der Waals surface area contributed by atoms with Gasteiger partial charge < -0.3 is 9.30 Å². The first-order chi connectivity index (χ1) is 11.1. The van der Waals surface area contributed by atoms with Gasteiger partial charge in [-0.15, -0.1) is 0 Å². The van der Waals surface area contributed by atoms with Crippen LogP contribution in [-0.2, 0) is 4.74 Å². The minimum atomic E-state index is -0.356. The third-order valence-electron chi connectivity index (χ3n) is 3.70. The molecule has 0 aliphatic rings. The largest absolute Gasteiger partial charge is 0.461 e. The van der Waals surface area contributed by atoms with Gasteiger partial charge in [0, 0.05) is 11.1 Å². The van der Waals surface area contributed by atoms with Gasteiger partial charge in [-0.1, -0.05) is 12.1 Å². The summed E-state index contributed by atoms with van der Waals surface area (Å²) in [5.74, 6) is -0.356. The lowest BCUT2D eigenvalue weighted by Gasteiger charge is -2.10. The lowest BCUT2D eigenvalue weighted by molar-refractivity contribution is 0.0517. The van der Waals surface area contributed by atoms with Crippen molar-refractivity contribution in [3.8, 4) is 11.8 Å². The topological polar surface area (TPSA) is 55.0 Å². The van der Waals surface area contributed by atoms with Crippen molar-refractivity contribution < 1.29 is 9.53 Å². The Morgan fingerprint density at radius 3 is 2.57 bits per heavy atom. The lowest BCUT2D eigenvalue weighted by Crippen LogP contribution is -2.10. The number of aromatic nitrogens is 1. The highest BCUT2D eigenvalue weighted by atomic mass is 16.5. The minimum absolute atomic E-state index is 0.326. The molecule has 0 radical (unpaired) electrons. The van der Waals surface area contributed by atoms with Crippen molar-refractivity contribution in [2.24, 2.45) is 0 Å². The van der Waals surface area contributed by atoms with Gasteiger partial charge in [-0.2, -0.15) is 5.26 Å². The number of carbonyl (C=O) groups is 1. The van der Waals surface area contributed by atoms with Gasteiger partial charge >= 0.3 is 5.97 Å². The van der Waals surface area contributed by atoms with Crippen molar-refractivity contribution in [3.63, 3.8) is 0 Å². The number of hydrogen-bond donors (Lipinski definition) is 0. The first-order valence-electron chi connectivity index (χ1n) is 7.44. The number of aryl methyl sites for hydroxylation is 1. The second kappa shape index (κ2) is 5.98. The van der Waals surface area contributed by atoms with E-state index in [1.54, 1.807) is 19.1 Å². The highest BCUT2D eigenvalue weighted by Crippen LogP contribution is 2.26. The molecule has 0 saturated heterocycles. The van der Waals surface area contributed by atoms with Gasteiger partial charge in [0.05, 0.1) is 23.8 Å². The van der Waals surface area contributed by atoms with Gasteiger partial charge in [0.2, 0.25) is 0 Å². The Morgan fingerprint density at radius 1 is 1.17 bits per heavy atom. The van der Waals surface area contributed by atoms with Crippen LogP contribution in [0.3, 0.4) is 0 Å². The molecule has 1 heterocycles. The van der Waals surface area contributed by atoms with Crippen LogP contribution in [0.15, 0.2) is 48.5 Å². The summed E-state index contributed by atoms with van der Waals surface area (Å²) in [6, 6.07) is 17.1. The van der Waals surface area contributed by atoms with Crippen LogP contribution in [0.4, 0.5) is 0 Å². The normalized spacial score (nSPS) is 10.5. The summed E-state index contributed by atoms with van der Waals surface area (Å²) in [5.41, 5.74) is 3.95. The Balaban J connectivity index is 2.26.